The average Bonchev–Trinajstić information content (AvgIpc) is 2.43. The Hall–Kier alpha value is -1.75. The number of rotatable bonds is 3. The molecule has 0 radical (unpaired) electrons. The number of fused-ring (bicyclic) bond motifs is 1. The summed E-state index contributed by atoms with van der Waals surface area (Å²) in [6.45, 7) is 0. The van der Waals surface area contributed by atoms with Crippen molar-refractivity contribution in [3.63, 3.8) is 0 Å². The zero-order valence-electron chi connectivity index (χ0n) is 10.2. The van der Waals surface area contributed by atoms with Crippen LogP contribution in [0.15, 0.2) is 42.5 Å². The van der Waals surface area contributed by atoms with Crippen LogP contribution >= 0.6 is 11.6 Å². The molecule has 0 fully saturated rings. The molecule has 0 aliphatic carbocycles. The highest BCUT2D eigenvalue weighted by Crippen LogP contribution is 2.39. The van der Waals surface area contributed by atoms with Crippen LogP contribution in [0.3, 0.4) is 0 Å². The predicted octanol–water partition coefficient (Wildman–Crippen LogP) is 4.23. The average molecular weight is 303 g/mol. The number of alkyl halides is 4. The van der Waals surface area contributed by atoms with Crippen LogP contribution in [0.5, 0.6) is 0 Å². The maximum Gasteiger partial charge on any atom is 0.429 e. The van der Waals surface area contributed by atoms with E-state index < -0.39 is 24.1 Å². The molecule has 2 nitrogen and oxygen atoms in total. The molecule has 2 rings (SSSR count). The molecule has 0 bridgehead atoms. The molecule has 0 aliphatic rings. The number of benzene rings is 2. The maximum absolute atomic E-state index is 13.1. The fraction of sp³-hybridized carbons (Fsp3) is 0.214. The van der Waals surface area contributed by atoms with Crippen molar-refractivity contribution in [1.82, 2.24) is 0 Å². The molecule has 0 aliphatic heterocycles. The van der Waals surface area contributed by atoms with E-state index in [9.17, 15) is 18.0 Å². The van der Waals surface area contributed by atoms with Gasteiger partial charge in [0, 0.05) is 5.56 Å². The Morgan fingerprint density at radius 1 is 1.15 bits per heavy atom. The van der Waals surface area contributed by atoms with Crippen LogP contribution in [-0.2, 0) is 9.53 Å². The minimum Gasteiger partial charge on any atom is -0.447 e. The molecule has 0 saturated carbocycles. The number of ether oxygens (including phenoxy) is 1. The quantitative estimate of drug-likeness (QED) is 0.626. The number of carbonyl (C=O) groups is 1. The first kappa shape index (κ1) is 14.7. The number of halogens is 4. The largest absolute Gasteiger partial charge is 0.447 e. The van der Waals surface area contributed by atoms with Gasteiger partial charge in [0.1, 0.15) is 5.88 Å². The van der Waals surface area contributed by atoms with Gasteiger partial charge < -0.3 is 4.74 Å². The fourth-order valence-electron chi connectivity index (χ4n) is 1.95. The Kier molecular flexibility index (Phi) is 4.18. The van der Waals surface area contributed by atoms with E-state index in [2.05, 4.69) is 4.74 Å². The number of hydrogen-bond donors (Lipinski definition) is 0. The maximum atomic E-state index is 13.1. The van der Waals surface area contributed by atoms with Gasteiger partial charge in [-0.3, -0.25) is 4.79 Å². The lowest BCUT2D eigenvalue weighted by Gasteiger charge is -2.22. The first-order chi connectivity index (χ1) is 9.43. The van der Waals surface area contributed by atoms with Crippen LogP contribution in [0, 0.1) is 0 Å². The van der Waals surface area contributed by atoms with Gasteiger partial charge in [0.15, 0.2) is 0 Å². The van der Waals surface area contributed by atoms with E-state index >= 15 is 0 Å². The molecule has 0 saturated heterocycles. The van der Waals surface area contributed by atoms with E-state index in [-0.39, 0.29) is 5.56 Å². The van der Waals surface area contributed by atoms with Crippen molar-refractivity contribution in [2.24, 2.45) is 0 Å². The zero-order valence-corrected chi connectivity index (χ0v) is 10.9. The highest BCUT2D eigenvalue weighted by Gasteiger charge is 2.44. The van der Waals surface area contributed by atoms with Crippen LogP contribution in [0.25, 0.3) is 10.8 Å². The van der Waals surface area contributed by atoms with Crippen LogP contribution in [-0.4, -0.2) is 18.0 Å². The molecule has 0 unspecified atom stereocenters. The summed E-state index contributed by atoms with van der Waals surface area (Å²) >= 11 is 5.21. The summed E-state index contributed by atoms with van der Waals surface area (Å²) < 4.78 is 43.8. The lowest BCUT2D eigenvalue weighted by atomic mass is 10.00. The van der Waals surface area contributed by atoms with Gasteiger partial charge in [-0.1, -0.05) is 42.5 Å². The second kappa shape index (κ2) is 5.71. The van der Waals surface area contributed by atoms with Gasteiger partial charge in [-0.05, 0) is 10.8 Å². The normalized spacial score (nSPS) is 13.2. The summed E-state index contributed by atoms with van der Waals surface area (Å²) in [6.07, 6.45) is -7.02. The number of hydrogen-bond acceptors (Lipinski definition) is 2. The molecule has 0 amide bonds. The first-order valence-corrected chi connectivity index (χ1v) is 6.26. The van der Waals surface area contributed by atoms with E-state index in [4.69, 9.17) is 11.6 Å². The van der Waals surface area contributed by atoms with Gasteiger partial charge in [0.25, 0.3) is 0 Å². The predicted molar refractivity (Wildman–Crippen MR) is 69.6 cm³/mol. The van der Waals surface area contributed by atoms with Gasteiger partial charge in [-0.2, -0.15) is 13.2 Å². The summed E-state index contributed by atoms with van der Waals surface area (Å²) in [5.41, 5.74) is -0.103. The third-order valence-electron chi connectivity index (χ3n) is 2.76. The summed E-state index contributed by atoms with van der Waals surface area (Å²) in [5.74, 6) is -1.74. The Labute approximate surface area is 118 Å². The first-order valence-electron chi connectivity index (χ1n) is 5.73. The van der Waals surface area contributed by atoms with Crippen molar-refractivity contribution in [3.05, 3.63) is 48.0 Å². The lowest BCUT2D eigenvalue weighted by Crippen LogP contribution is -2.26. The molecule has 1 atom stereocenters. The van der Waals surface area contributed by atoms with Gasteiger partial charge in [-0.25, -0.2) is 0 Å². The number of carbonyl (C=O) groups excluding carboxylic acids is 1. The molecule has 0 aromatic heterocycles. The molecule has 20 heavy (non-hydrogen) atoms. The third-order valence-corrected chi connectivity index (χ3v) is 2.98. The molecule has 0 spiro atoms. The van der Waals surface area contributed by atoms with Crippen molar-refractivity contribution < 1.29 is 22.7 Å². The lowest BCUT2D eigenvalue weighted by molar-refractivity contribution is -0.222. The third kappa shape index (κ3) is 3.04. The molecule has 6 heteroatoms. The number of esters is 1. The standard InChI is InChI=1S/C14H10ClF3O2/c15-8-12(19)20-13(14(16,17)18)11-7-3-5-9-4-1-2-6-10(9)11/h1-7,13H,8H2/t13-/m0/s1. The van der Waals surface area contributed by atoms with Gasteiger partial charge in [-0.15, -0.1) is 11.6 Å². The molecule has 0 N–H and O–H groups in total. The second-order valence-corrected chi connectivity index (χ2v) is 4.38. The van der Waals surface area contributed by atoms with E-state index in [0.29, 0.717) is 10.8 Å². The SMILES string of the molecule is O=C(CCl)O[C@@H](c1cccc2ccccc12)C(F)(F)F. The van der Waals surface area contributed by atoms with E-state index in [1.54, 1.807) is 30.3 Å². The van der Waals surface area contributed by atoms with Crippen LogP contribution in [0.4, 0.5) is 13.2 Å². The topological polar surface area (TPSA) is 26.3 Å². The van der Waals surface area contributed by atoms with Crippen molar-refractivity contribution in [2.45, 2.75) is 12.3 Å². The van der Waals surface area contributed by atoms with Gasteiger partial charge in [0.05, 0.1) is 0 Å². The molecular formula is C14H10ClF3O2. The van der Waals surface area contributed by atoms with E-state index in [0.717, 1.165) is 0 Å². The van der Waals surface area contributed by atoms with Crippen molar-refractivity contribution in [3.8, 4) is 0 Å². The summed E-state index contributed by atoms with van der Waals surface area (Å²) in [7, 11) is 0. The molecule has 106 valence electrons. The monoisotopic (exact) mass is 302 g/mol. The van der Waals surface area contributed by atoms with Crippen LogP contribution in [0.1, 0.15) is 11.7 Å². The minimum atomic E-state index is -4.70. The Morgan fingerprint density at radius 2 is 1.80 bits per heavy atom. The smallest absolute Gasteiger partial charge is 0.429 e. The van der Waals surface area contributed by atoms with Crippen molar-refractivity contribution in [1.29, 1.82) is 0 Å². The second-order valence-electron chi connectivity index (χ2n) is 4.11. The minimum absolute atomic E-state index is 0.103. The van der Waals surface area contributed by atoms with Gasteiger partial charge >= 0.3 is 12.1 Å². The molecule has 2 aromatic rings. The highest BCUT2D eigenvalue weighted by molar-refractivity contribution is 6.26. The summed E-state index contributed by atoms with van der Waals surface area (Å²) in [4.78, 5) is 11.1. The van der Waals surface area contributed by atoms with Crippen LogP contribution < -0.4 is 0 Å². The van der Waals surface area contributed by atoms with E-state index in [1.165, 1.54) is 12.1 Å². The van der Waals surface area contributed by atoms with Crippen molar-refractivity contribution in [2.75, 3.05) is 5.88 Å². The molecule has 0 heterocycles. The summed E-state index contributed by atoms with van der Waals surface area (Å²) in [5, 5.41) is 1.03. The molecular weight excluding hydrogens is 293 g/mol. The molecule has 2 aromatic carbocycles. The van der Waals surface area contributed by atoms with Gasteiger partial charge in [0.2, 0.25) is 6.10 Å². The Morgan fingerprint density at radius 3 is 2.45 bits per heavy atom. The van der Waals surface area contributed by atoms with E-state index in [1.807, 2.05) is 0 Å². The Balaban J connectivity index is 2.54. The zero-order chi connectivity index (χ0) is 14.8. The van der Waals surface area contributed by atoms with Crippen molar-refractivity contribution >= 4 is 28.3 Å². The summed E-state index contributed by atoms with van der Waals surface area (Å²) in [6, 6.07) is 11.1. The Bertz CT molecular complexity index is 620. The van der Waals surface area contributed by atoms with Crippen LogP contribution in [0.2, 0.25) is 0 Å². The highest BCUT2D eigenvalue weighted by atomic mass is 35.5. The fourth-order valence-corrected chi connectivity index (χ4v) is 2.01.